The summed E-state index contributed by atoms with van der Waals surface area (Å²) in [7, 11) is 0. The molecular formula is C12H15N5OS. The van der Waals surface area contributed by atoms with Gasteiger partial charge < -0.3 is 11.6 Å². The number of rotatable bonds is 4. The van der Waals surface area contributed by atoms with Crippen LogP contribution in [-0.4, -0.2) is 26.0 Å². The Kier molecular flexibility index (Phi) is 3.75. The molecule has 19 heavy (non-hydrogen) atoms. The van der Waals surface area contributed by atoms with E-state index >= 15 is 0 Å². The lowest BCUT2D eigenvalue weighted by atomic mass is 10.1. The molecular weight excluding hydrogens is 262 g/mol. The van der Waals surface area contributed by atoms with Crippen LogP contribution in [0.4, 0.5) is 0 Å². The third-order valence-corrected chi connectivity index (χ3v) is 3.81. The van der Waals surface area contributed by atoms with Gasteiger partial charge in [0.2, 0.25) is 11.1 Å². The van der Waals surface area contributed by atoms with E-state index in [1.54, 1.807) is 6.92 Å². The Bertz CT molecular complexity index is 610. The zero-order valence-corrected chi connectivity index (χ0v) is 11.5. The molecule has 0 fully saturated rings. The summed E-state index contributed by atoms with van der Waals surface area (Å²) in [6, 6.07) is 7.76. The van der Waals surface area contributed by atoms with Crippen molar-refractivity contribution in [2.75, 3.05) is 5.84 Å². The highest BCUT2D eigenvalue weighted by Gasteiger charge is 2.18. The van der Waals surface area contributed by atoms with E-state index in [1.807, 2.05) is 31.2 Å². The van der Waals surface area contributed by atoms with E-state index in [1.165, 1.54) is 16.4 Å². The number of primary amides is 1. The lowest BCUT2D eigenvalue weighted by Crippen LogP contribution is -2.23. The predicted molar refractivity (Wildman–Crippen MR) is 74.9 cm³/mol. The van der Waals surface area contributed by atoms with Gasteiger partial charge in [-0.25, -0.2) is 4.68 Å². The number of nitrogens with two attached hydrogens (primary N) is 2. The maximum absolute atomic E-state index is 11.0. The largest absolute Gasteiger partial charge is 0.369 e. The summed E-state index contributed by atoms with van der Waals surface area (Å²) < 4.78 is 1.38. The normalized spacial score (nSPS) is 12.3. The predicted octanol–water partition coefficient (Wildman–Crippen LogP) is 0.933. The quantitative estimate of drug-likeness (QED) is 0.639. The Labute approximate surface area is 115 Å². The van der Waals surface area contributed by atoms with Gasteiger partial charge in [0, 0.05) is 5.56 Å². The molecule has 0 unspecified atom stereocenters. The summed E-state index contributed by atoms with van der Waals surface area (Å²) in [6.07, 6.45) is 0. The maximum Gasteiger partial charge on any atom is 0.230 e. The van der Waals surface area contributed by atoms with Crippen molar-refractivity contribution >= 4 is 17.7 Å². The zero-order chi connectivity index (χ0) is 14.0. The molecule has 1 aromatic heterocycles. The smallest absolute Gasteiger partial charge is 0.230 e. The molecule has 0 bridgehead atoms. The van der Waals surface area contributed by atoms with E-state index < -0.39 is 11.2 Å². The van der Waals surface area contributed by atoms with Crippen molar-refractivity contribution in [1.29, 1.82) is 0 Å². The van der Waals surface area contributed by atoms with Gasteiger partial charge >= 0.3 is 0 Å². The van der Waals surface area contributed by atoms with Crippen LogP contribution in [0.15, 0.2) is 29.4 Å². The Hall–Kier alpha value is -2.02. The average Bonchev–Trinajstić information content (AvgIpc) is 2.72. The van der Waals surface area contributed by atoms with E-state index in [0.29, 0.717) is 11.0 Å². The molecule has 0 saturated carbocycles. The van der Waals surface area contributed by atoms with Gasteiger partial charge in [-0.05, 0) is 19.4 Å². The molecule has 2 rings (SSSR count). The molecule has 0 aliphatic heterocycles. The molecule has 2 aromatic rings. The molecule has 1 aromatic carbocycles. The number of thioether (sulfide) groups is 1. The van der Waals surface area contributed by atoms with Gasteiger partial charge in [-0.15, -0.1) is 10.2 Å². The Morgan fingerprint density at radius 3 is 2.68 bits per heavy atom. The van der Waals surface area contributed by atoms with E-state index in [-0.39, 0.29) is 0 Å². The van der Waals surface area contributed by atoms with E-state index in [4.69, 9.17) is 11.6 Å². The second-order valence-corrected chi connectivity index (χ2v) is 5.46. The van der Waals surface area contributed by atoms with Gasteiger partial charge in [-0.3, -0.25) is 4.79 Å². The fraction of sp³-hybridized carbons (Fsp3) is 0.250. The third kappa shape index (κ3) is 2.70. The van der Waals surface area contributed by atoms with Crippen molar-refractivity contribution in [3.8, 4) is 11.4 Å². The number of benzene rings is 1. The van der Waals surface area contributed by atoms with Crippen LogP contribution >= 0.6 is 11.8 Å². The van der Waals surface area contributed by atoms with Crippen molar-refractivity contribution in [2.24, 2.45) is 5.73 Å². The van der Waals surface area contributed by atoms with E-state index in [2.05, 4.69) is 10.2 Å². The maximum atomic E-state index is 11.0. The summed E-state index contributed by atoms with van der Waals surface area (Å²) in [5, 5.41) is 8.13. The van der Waals surface area contributed by atoms with Crippen molar-refractivity contribution in [1.82, 2.24) is 14.9 Å². The van der Waals surface area contributed by atoms with Crippen molar-refractivity contribution in [3.63, 3.8) is 0 Å². The van der Waals surface area contributed by atoms with E-state index in [0.717, 1.165) is 11.1 Å². The standard InChI is InChI=1S/C12H15N5OS/c1-7-5-3-4-6-9(7)11-15-16-12(17(11)14)19-8(2)10(13)18/h3-6,8H,14H2,1-2H3,(H2,13,18)/t8-/m1/s1. The van der Waals surface area contributed by atoms with Crippen LogP contribution in [0.1, 0.15) is 12.5 Å². The minimum Gasteiger partial charge on any atom is -0.369 e. The van der Waals surface area contributed by atoms with Gasteiger partial charge in [0.1, 0.15) is 0 Å². The second-order valence-electron chi connectivity index (χ2n) is 4.15. The second kappa shape index (κ2) is 5.31. The van der Waals surface area contributed by atoms with Crippen LogP contribution < -0.4 is 11.6 Å². The first-order chi connectivity index (χ1) is 9.00. The highest BCUT2D eigenvalue weighted by Crippen LogP contribution is 2.26. The molecule has 0 aliphatic carbocycles. The van der Waals surface area contributed by atoms with Gasteiger partial charge in [-0.2, -0.15) is 0 Å². The number of carbonyl (C=O) groups excluding carboxylic acids is 1. The van der Waals surface area contributed by atoms with Crippen LogP contribution in [0.2, 0.25) is 0 Å². The first-order valence-electron chi connectivity index (χ1n) is 5.73. The monoisotopic (exact) mass is 277 g/mol. The number of aromatic nitrogens is 3. The Balaban J connectivity index is 2.34. The molecule has 100 valence electrons. The highest BCUT2D eigenvalue weighted by atomic mass is 32.2. The Morgan fingerprint density at radius 2 is 2.05 bits per heavy atom. The van der Waals surface area contributed by atoms with E-state index in [9.17, 15) is 4.79 Å². The number of hydrogen-bond donors (Lipinski definition) is 2. The average molecular weight is 277 g/mol. The highest BCUT2D eigenvalue weighted by molar-refractivity contribution is 8.00. The molecule has 1 heterocycles. The van der Waals surface area contributed by atoms with Gasteiger partial charge in [0.05, 0.1) is 5.25 Å². The summed E-state index contributed by atoms with van der Waals surface area (Å²) in [4.78, 5) is 11.0. The Morgan fingerprint density at radius 1 is 1.37 bits per heavy atom. The number of amides is 1. The zero-order valence-electron chi connectivity index (χ0n) is 10.7. The first-order valence-corrected chi connectivity index (χ1v) is 6.61. The number of carbonyl (C=O) groups is 1. The van der Waals surface area contributed by atoms with Crippen LogP contribution in [0, 0.1) is 6.92 Å². The minimum atomic E-state index is -0.412. The fourth-order valence-corrected chi connectivity index (χ4v) is 2.30. The fourth-order valence-electron chi connectivity index (χ4n) is 1.58. The lowest BCUT2D eigenvalue weighted by molar-refractivity contribution is -0.117. The topological polar surface area (TPSA) is 99.8 Å². The van der Waals surface area contributed by atoms with Gasteiger partial charge in [-0.1, -0.05) is 36.0 Å². The summed E-state index contributed by atoms with van der Waals surface area (Å²) in [5.74, 6) is 6.13. The van der Waals surface area contributed by atoms with Crippen LogP contribution in [0.3, 0.4) is 0 Å². The number of hydrogen-bond acceptors (Lipinski definition) is 5. The number of nitrogen functional groups attached to an aromatic ring is 1. The summed E-state index contributed by atoms with van der Waals surface area (Å²) in [5.41, 5.74) is 7.19. The minimum absolute atomic E-state index is 0.406. The molecule has 0 aliphatic rings. The molecule has 6 nitrogen and oxygen atoms in total. The van der Waals surface area contributed by atoms with Gasteiger partial charge in [0.15, 0.2) is 5.82 Å². The van der Waals surface area contributed by atoms with Crippen molar-refractivity contribution < 1.29 is 4.79 Å². The molecule has 0 spiro atoms. The van der Waals surface area contributed by atoms with Crippen molar-refractivity contribution in [2.45, 2.75) is 24.3 Å². The first kappa shape index (κ1) is 13.4. The van der Waals surface area contributed by atoms with Crippen LogP contribution in [0.25, 0.3) is 11.4 Å². The molecule has 0 radical (unpaired) electrons. The molecule has 0 saturated heterocycles. The number of aryl methyl sites for hydroxylation is 1. The SMILES string of the molecule is Cc1ccccc1-c1nnc(S[C@H](C)C(N)=O)n1N. The molecule has 1 amide bonds. The lowest BCUT2D eigenvalue weighted by Gasteiger charge is -2.07. The van der Waals surface area contributed by atoms with Crippen LogP contribution in [-0.2, 0) is 4.79 Å². The molecule has 4 N–H and O–H groups in total. The summed E-state index contributed by atoms with van der Waals surface area (Å²) in [6.45, 7) is 3.68. The molecule has 1 atom stereocenters. The third-order valence-electron chi connectivity index (χ3n) is 2.73. The van der Waals surface area contributed by atoms with Crippen molar-refractivity contribution in [3.05, 3.63) is 29.8 Å². The van der Waals surface area contributed by atoms with Crippen LogP contribution in [0.5, 0.6) is 0 Å². The molecule has 7 heteroatoms. The number of nitrogens with zero attached hydrogens (tertiary/aromatic N) is 3. The summed E-state index contributed by atoms with van der Waals surface area (Å²) >= 11 is 1.19. The van der Waals surface area contributed by atoms with Gasteiger partial charge in [0.25, 0.3) is 0 Å².